The van der Waals surface area contributed by atoms with Gasteiger partial charge >= 0.3 is 6.03 Å². The van der Waals surface area contributed by atoms with Gasteiger partial charge in [-0.25, -0.2) is 18.7 Å². The molecule has 1 saturated heterocycles. The summed E-state index contributed by atoms with van der Waals surface area (Å²) in [4.78, 5) is 53.9. The Morgan fingerprint density at radius 1 is 0.761 bits per heavy atom. The van der Waals surface area contributed by atoms with E-state index in [1.54, 1.807) is 53.4 Å². The number of piperazine rings is 1. The van der Waals surface area contributed by atoms with Crippen LogP contribution in [0.3, 0.4) is 0 Å². The maximum atomic E-state index is 14.8. The molecular formula is C34H28F2N6O4. The third kappa shape index (κ3) is 6.60. The molecule has 4 aromatic carbocycles. The van der Waals surface area contributed by atoms with Crippen molar-refractivity contribution in [2.24, 2.45) is 0 Å². The number of amides is 4. The van der Waals surface area contributed by atoms with E-state index in [1.165, 1.54) is 41.3 Å². The Hall–Kier alpha value is -5.91. The molecule has 0 unspecified atom stereocenters. The fourth-order valence-electron chi connectivity index (χ4n) is 5.27. The number of aromatic amines is 1. The van der Waals surface area contributed by atoms with Crippen molar-refractivity contribution in [1.82, 2.24) is 20.0 Å². The van der Waals surface area contributed by atoms with Gasteiger partial charge in [-0.1, -0.05) is 24.3 Å². The number of urea groups is 1. The molecular weight excluding hydrogens is 594 g/mol. The van der Waals surface area contributed by atoms with E-state index in [-0.39, 0.29) is 55.7 Å². The third-order valence-electron chi connectivity index (χ3n) is 7.76. The highest BCUT2D eigenvalue weighted by molar-refractivity contribution is 6.04. The van der Waals surface area contributed by atoms with E-state index in [0.29, 0.717) is 39.0 Å². The van der Waals surface area contributed by atoms with E-state index in [1.807, 2.05) is 6.07 Å². The molecule has 0 radical (unpaired) electrons. The number of hydrogen-bond donors (Lipinski definition) is 3. The number of carbonyl (C=O) groups excluding carboxylic acids is 3. The van der Waals surface area contributed by atoms with E-state index in [9.17, 15) is 28.0 Å². The number of aromatic nitrogens is 2. The van der Waals surface area contributed by atoms with E-state index in [0.717, 1.165) is 0 Å². The SMILES string of the molecule is O=C(Nc1ccc(F)cc1)c1ccc(NC(=O)N2CCN(C(=O)c3cc(Cc4n[nH]c(=O)c5ccccc45)ccc3F)CC2)cc1. The first-order chi connectivity index (χ1) is 22.2. The van der Waals surface area contributed by atoms with Gasteiger partial charge in [-0.3, -0.25) is 14.4 Å². The van der Waals surface area contributed by atoms with Crippen LogP contribution in [0.25, 0.3) is 10.8 Å². The van der Waals surface area contributed by atoms with Gasteiger partial charge in [0.05, 0.1) is 16.6 Å². The number of hydrogen-bond acceptors (Lipinski definition) is 5. The molecule has 5 aromatic rings. The maximum absolute atomic E-state index is 14.8. The summed E-state index contributed by atoms with van der Waals surface area (Å²) in [5.74, 6) is -1.91. The van der Waals surface area contributed by atoms with Gasteiger partial charge in [-0.2, -0.15) is 5.10 Å². The predicted octanol–water partition coefficient (Wildman–Crippen LogP) is 5.03. The molecule has 1 fully saturated rings. The lowest BCUT2D eigenvalue weighted by molar-refractivity contribution is 0.0667. The molecule has 0 aliphatic carbocycles. The molecule has 46 heavy (non-hydrogen) atoms. The Morgan fingerprint density at radius 3 is 2.11 bits per heavy atom. The van der Waals surface area contributed by atoms with Crippen LogP contribution < -0.4 is 16.2 Å². The molecule has 1 aromatic heterocycles. The molecule has 1 aliphatic rings. The molecule has 2 heterocycles. The van der Waals surface area contributed by atoms with Crippen molar-refractivity contribution < 1.29 is 23.2 Å². The van der Waals surface area contributed by atoms with Crippen LogP contribution in [0.1, 0.15) is 32.0 Å². The number of anilines is 2. The molecule has 4 amide bonds. The van der Waals surface area contributed by atoms with E-state index >= 15 is 0 Å². The number of nitrogens with one attached hydrogen (secondary N) is 3. The Kier molecular flexibility index (Phi) is 8.50. The molecule has 0 atom stereocenters. The maximum Gasteiger partial charge on any atom is 0.321 e. The van der Waals surface area contributed by atoms with Gasteiger partial charge in [-0.15, -0.1) is 0 Å². The highest BCUT2D eigenvalue weighted by atomic mass is 19.1. The van der Waals surface area contributed by atoms with Crippen LogP contribution in [0.2, 0.25) is 0 Å². The smallest absolute Gasteiger partial charge is 0.321 e. The van der Waals surface area contributed by atoms with Gasteiger partial charge in [0.2, 0.25) is 0 Å². The fourth-order valence-corrected chi connectivity index (χ4v) is 5.27. The summed E-state index contributed by atoms with van der Waals surface area (Å²) in [5.41, 5.74) is 2.17. The normalized spacial score (nSPS) is 13.0. The fraction of sp³-hybridized carbons (Fsp3) is 0.147. The molecule has 0 spiro atoms. The van der Waals surface area contributed by atoms with E-state index in [2.05, 4.69) is 20.8 Å². The van der Waals surface area contributed by atoms with Crippen molar-refractivity contribution in [1.29, 1.82) is 0 Å². The monoisotopic (exact) mass is 622 g/mol. The zero-order chi connectivity index (χ0) is 32.2. The molecule has 232 valence electrons. The lowest BCUT2D eigenvalue weighted by Crippen LogP contribution is -2.51. The molecule has 0 saturated carbocycles. The quantitative estimate of drug-likeness (QED) is 0.245. The van der Waals surface area contributed by atoms with Crippen molar-refractivity contribution in [2.45, 2.75) is 6.42 Å². The Morgan fingerprint density at radius 2 is 1.39 bits per heavy atom. The first-order valence-corrected chi connectivity index (χ1v) is 14.5. The molecule has 0 bridgehead atoms. The number of rotatable bonds is 6. The molecule has 1 aliphatic heterocycles. The van der Waals surface area contributed by atoms with Gasteiger partial charge in [-0.05, 0) is 72.3 Å². The van der Waals surface area contributed by atoms with Gasteiger partial charge in [0.1, 0.15) is 11.6 Å². The average molecular weight is 623 g/mol. The number of carbonyl (C=O) groups is 3. The molecule has 12 heteroatoms. The van der Waals surface area contributed by atoms with Crippen LogP contribution in [-0.4, -0.2) is 64.0 Å². The zero-order valence-corrected chi connectivity index (χ0v) is 24.4. The Bertz CT molecular complexity index is 1990. The summed E-state index contributed by atoms with van der Waals surface area (Å²) < 4.78 is 27.9. The summed E-state index contributed by atoms with van der Waals surface area (Å²) in [5, 5.41) is 13.3. The number of halogens is 2. The van der Waals surface area contributed by atoms with Gasteiger partial charge in [0.25, 0.3) is 17.4 Å². The van der Waals surface area contributed by atoms with Crippen molar-refractivity contribution >= 4 is 40.0 Å². The van der Waals surface area contributed by atoms with Crippen LogP contribution in [-0.2, 0) is 6.42 Å². The van der Waals surface area contributed by atoms with Gasteiger partial charge in [0.15, 0.2) is 0 Å². The summed E-state index contributed by atoms with van der Waals surface area (Å²) in [7, 11) is 0. The Labute approximate surface area is 261 Å². The van der Waals surface area contributed by atoms with Crippen LogP contribution in [0.5, 0.6) is 0 Å². The van der Waals surface area contributed by atoms with Crippen molar-refractivity contribution in [2.75, 3.05) is 36.8 Å². The van der Waals surface area contributed by atoms with Crippen LogP contribution in [0.4, 0.5) is 25.0 Å². The molecule has 10 nitrogen and oxygen atoms in total. The van der Waals surface area contributed by atoms with Crippen molar-refractivity contribution in [3.63, 3.8) is 0 Å². The predicted molar refractivity (Wildman–Crippen MR) is 169 cm³/mol. The average Bonchev–Trinajstić information content (AvgIpc) is 3.08. The minimum atomic E-state index is -0.650. The number of benzene rings is 4. The van der Waals surface area contributed by atoms with Crippen LogP contribution >= 0.6 is 0 Å². The Balaban J connectivity index is 1.04. The largest absolute Gasteiger partial charge is 0.335 e. The molecule has 6 rings (SSSR count). The lowest BCUT2D eigenvalue weighted by Gasteiger charge is -2.34. The summed E-state index contributed by atoms with van der Waals surface area (Å²) in [6.45, 7) is 0.906. The number of H-pyrrole nitrogens is 1. The number of fused-ring (bicyclic) bond motifs is 1. The second-order valence-electron chi connectivity index (χ2n) is 10.8. The minimum absolute atomic E-state index is 0.0762. The first kappa shape index (κ1) is 30.1. The first-order valence-electron chi connectivity index (χ1n) is 14.5. The summed E-state index contributed by atoms with van der Waals surface area (Å²) >= 11 is 0. The summed E-state index contributed by atoms with van der Waals surface area (Å²) in [6.07, 6.45) is 0.283. The lowest BCUT2D eigenvalue weighted by atomic mass is 10.0. The van der Waals surface area contributed by atoms with Gasteiger partial charge in [0, 0.05) is 54.9 Å². The van der Waals surface area contributed by atoms with E-state index < -0.39 is 17.5 Å². The second kappa shape index (κ2) is 13.0. The highest BCUT2D eigenvalue weighted by Crippen LogP contribution is 2.21. The van der Waals surface area contributed by atoms with E-state index in [4.69, 9.17) is 0 Å². The molecule has 3 N–H and O–H groups in total. The van der Waals surface area contributed by atoms with Gasteiger partial charge < -0.3 is 20.4 Å². The zero-order valence-electron chi connectivity index (χ0n) is 24.4. The topological polar surface area (TPSA) is 128 Å². The van der Waals surface area contributed by atoms with Crippen LogP contribution in [0, 0.1) is 11.6 Å². The minimum Gasteiger partial charge on any atom is -0.335 e. The van der Waals surface area contributed by atoms with Crippen molar-refractivity contribution in [3.8, 4) is 0 Å². The van der Waals surface area contributed by atoms with Crippen molar-refractivity contribution in [3.05, 3.63) is 135 Å². The number of nitrogens with zero attached hydrogens (tertiary/aromatic N) is 3. The highest BCUT2D eigenvalue weighted by Gasteiger charge is 2.27. The third-order valence-corrected chi connectivity index (χ3v) is 7.76. The second-order valence-corrected chi connectivity index (χ2v) is 10.8. The standard InChI is InChI=1S/C34H28F2N6O4/c35-23-8-12-24(13-9-23)37-31(43)22-6-10-25(11-7-22)38-34(46)42-17-15-41(16-18-42)33(45)28-19-21(5-14-29(28)36)20-30-26-3-1-2-4-27(26)32(44)40-39-30/h1-14,19H,15-18,20H2,(H,37,43)(H,38,46)(H,40,44). The van der Waals surface area contributed by atoms with Crippen LogP contribution in [0.15, 0.2) is 95.8 Å². The summed E-state index contributed by atoms with van der Waals surface area (Å²) in [6, 6.07) is 22.7.